The standard InChI is InChI=1S/C14H24N2S/c1-3-13-7-6-12(2)16(13)9-8-15-11-14-5-4-10-17-14/h4-5,10,12-13,15H,3,6-9,11H2,1-2H3. The maximum Gasteiger partial charge on any atom is 0.0300 e. The average molecular weight is 252 g/mol. The smallest absolute Gasteiger partial charge is 0.0300 e. The summed E-state index contributed by atoms with van der Waals surface area (Å²) in [6.45, 7) is 8.02. The van der Waals surface area contributed by atoms with Gasteiger partial charge in [0, 0.05) is 36.6 Å². The third kappa shape index (κ3) is 3.54. The van der Waals surface area contributed by atoms with Crippen LogP contribution < -0.4 is 5.32 Å². The van der Waals surface area contributed by atoms with Crippen LogP contribution in [0.2, 0.25) is 0 Å². The van der Waals surface area contributed by atoms with Crippen LogP contribution in [0.5, 0.6) is 0 Å². The Labute approximate surface area is 109 Å². The van der Waals surface area contributed by atoms with E-state index in [1.54, 1.807) is 0 Å². The average Bonchev–Trinajstić information content (AvgIpc) is 2.95. The first kappa shape index (κ1) is 13.1. The molecular formula is C14H24N2S. The minimum atomic E-state index is 0.781. The Morgan fingerprint density at radius 2 is 2.35 bits per heavy atom. The highest BCUT2D eigenvalue weighted by Gasteiger charge is 2.28. The molecule has 1 aromatic rings. The molecule has 0 saturated carbocycles. The van der Waals surface area contributed by atoms with Gasteiger partial charge >= 0.3 is 0 Å². The summed E-state index contributed by atoms with van der Waals surface area (Å²) in [6.07, 6.45) is 4.07. The minimum absolute atomic E-state index is 0.781. The fourth-order valence-electron chi connectivity index (χ4n) is 2.80. The largest absolute Gasteiger partial charge is 0.311 e. The number of hydrogen-bond donors (Lipinski definition) is 1. The molecule has 17 heavy (non-hydrogen) atoms. The molecule has 0 spiro atoms. The molecule has 1 aromatic heterocycles. The van der Waals surface area contributed by atoms with E-state index in [1.807, 2.05) is 11.3 Å². The van der Waals surface area contributed by atoms with Crippen molar-refractivity contribution in [3.05, 3.63) is 22.4 Å². The molecule has 2 unspecified atom stereocenters. The number of nitrogens with zero attached hydrogens (tertiary/aromatic N) is 1. The van der Waals surface area contributed by atoms with Crippen LogP contribution in [0.1, 0.15) is 38.0 Å². The normalized spacial score (nSPS) is 25.5. The van der Waals surface area contributed by atoms with Gasteiger partial charge in [0.2, 0.25) is 0 Å². The fraction of sp³-hybridized carbons (Fsp3) is 0.714. The van der Waals surface area contributed by atoms with Gasteiger partial charge in [0.05, 0.1) is 0 Å². The molecule has 1 aliphatic heterocycles. The molecule has 1 aliphatic rings. The third-order valence-electron chi connectivity index (χ3n) is 3.85. The molecule has 0 radical (unpaired) electrons. The van der Waals surface area contributed by atoms with E-state index < -0.39 is 0 Å². The summed E-state index contributed by atoms with van der Waals surface area (Å²) in [5, 5.41) is 5.69. The zero-order valence-electron chi connectivity index (χ0n) is 11.0. The van der Waals surface area contributed by atoms with Gasteiger partial charge in [0.1, 0.15) is 0 Å². The van der Waals surface area contributed by atoms with Gasteiger partial charge in [-0.1, -0.05) is 13.0 Å². The zero-order chi connectivity index (χ0) is 12.1. The van der Waals surface area contributed by atoms with Crippen molar-refractivity contribution in [3.63, 3.8) is 0 Å². The van der Waals surface area contributed by atoms with Gasteiger partial charge in [0.15, 0.2) is 0 Å². The first-order chi connectivity index (χ1) is 8.31. The maximum absolute atomic E-state index is 3.55. The zero-order valence-corrected chi connectivity index (χ0v) is 11.8. The summed E-state index contributed by atoms with van der Waals surface area (Å²) < 4.78 is 0. The Morgan fingerprint density at radius 3 is 3.06 bits per heavy atom. The summed E-state index contributed by atoms with van der Waals surface area (Å²) >= 11 is 1.84. The van der Waals surface area contributed by atoms with Crippen LogP contribution in [0, 0.1) is 0 Å². The molecule has 96 valence electrons. The van der Waals surface area contributed by atoms with Crippen molar-refractivity contribution in [2.75, 3.05) is 13.1 Å². The van der Waals surface area contributed by atoms with E-state index in [0.29, 0.717) is 0 Å². The fourth-order valence-corrected chi connectivity index (χ4v) is 3.47. The van der Waals surface area contributed by atoms with Gasteiger partial charge in [0.25, 0.3) is 0 Å². The molecule has 0 aliphatic carbocycles. The van der Waals surface area contributed by atoms with E-state index in [1.165, 1.54) is 30.7 Å². The molecule has 2 rings (SSSR count). The molecule has 0 aromatic carbocycles. The molecule has 0 amide bonds. The van der Waals surface area contributed by atoms with Crippen molar-refractivity contribution in [1.82, 2.24) is 10.2 Å². The topological polar surface area (TPSA) is 15.3 Å². The number of thiophene rings is 1. The second kappa shape index (κ2) is 6.53. The first-order valence-corrected chi connectivity index (χ1v) is 7.68. The summed E-state index contributed by atoms with van der Waals surface area (Å²) in [5.74, 6) is 0. The Kier molecular flexibility index (Phi) is 5.01. The molecule has 0 bridgehead atoms. The summed E-state index contributed by atoms with van der Waals surface area (Å²) in [7, 11) is 0. The summed E-state index contributed by atoms with van der Waals surface area (Å²) in [4.78, 5) is 4.12. The maximum atomic E-state index is 3.55. The quantitative estimate of drug-likeness (QED) is 0.783. The first-order valence-electron chi connectivity index (χ1n) is 6.80. The summed E-state index contributed by atoms with van der Waals surface area (Å²) in [6, 6.07) is 5.93. The predicted molar refractivity (Wildman–Crippen MR) is 75.5 cm³/mol. The van der Waals surface area contributed by atoms with Crippen LogP contribution in [0.4, 0.5) is 0 Å². The lowest BCUT2D eigenvalue weighted by Crippen LogP contribution is -2.39. The van der Waals surface area contributed by atoms with E-state index >= 15 is 0 Å². The molecular weight excluding hydrogens is 228 g/mol. The molecule has 2 nitrogen and oxygen atoms in total. The van der Waals surface area contributed by atoms with Gasteiger partial charge in [-0.2, -0.15) is 0 Å². The monoisotopic (exact) mass is 252 g/mol. The van der Waals surface area contributed by atoms with E-state index in [0.717, 1.165) is 25.2 Å². The second-order valence-electron chi connectivity index (χ2n) is 4.98. The molecule has 1 N–H and O–H groups in total. The number of rotatable bonds is 6. The molecule has 2 atom stereocenters. The van der Waals surface area contributed by atoms with Gasteiger partial charge in [-0.15, -0.1) is 11.3 Å². The van der Waals surface area contributed by atoms with E-state index in [2.05, 4.69) is 41.6 Å². The van der Waals surface area contributed by atoms with Crippen LogP contribution >= 0.6 is 11.3 Å². The Hall–Kier alpha value is -0.380. The lowest BCUT2D eigenvalue weighted by Gasteiger charge is -2.27. The van der Waals surface area contributed by atoms with Crippen LogP contribution in [0.25, 0.3) is 0 Å². The van der Waals surface area contributed by atoms with Gasteiger partial charge in [-0.05, 0) is 37.6 Å². The molecule has 3 heteroatoms. The van der Waals surface area contributed by atoms with Gasteiger partial charge < -0.3 is 5.32 Å². The Bertz CT molecular complexity index is 310. The second-order valence-corrected chi connectivity index (χ2v) is 6.01. The number of nitrogens with one attached hydrogen (secondary N) is 1. The molecule has 2 heterocycles. The van der Waals surface area contributed by atoms with Crippen LogP contribution in [-0.4, -0.2) is 30.1 Å². The van der Waals surface area contributed by atoms with Crippen molar-refractivity contribution in [2.45, 2.75) is 51.7 Å². The van der Waals surface area contributed by atoms with Crippen molar-refractivity contribution < 1.29 is 0 Å². The highest BCUT2D eigenvalue weighted by molar-refractivity contribution is 7.09. The van der Waals surface area contributed by atoms with E-state index in [9.17, 15) is 0 Å². The Morgan fingerprint density at radius 1 is 1.47 bits per heavy atom. The number of likely N-dealkylation sites (tertiary alicyclic amines) is 1. The minimum Gasteiger partial charge on any atom is -0.311 e. The molecule has 1 fully saturated rings. The van der Waals surface area contributed by atoms with Gasteiger partial charge in [-0.25, -0.2) is 0 Å². The highest BCUT2D eigenvalue weighted by atomic mass is 32.1. The van der Waals surface area contributed by atoms with Crippen LogP contribution in [-0.2, 0) is 6.54 Å². The van der Waals surface area contributed by atoms with Crippen molar-refractivity contribution in [3.8, 4) is 0 Å². The third-order valence-corrected chi connectivity index (χ3v) is 4.73. The molecule has 1 saturated heterocycles. The predicted octanol–water partition coefficient (Wildman–Crippen LogP) is 3.10. The van der Waals surface area contributed by atoms with Crippen molar-refractivity contribution in [2.24, 2.45) is 0 Å². The lowest BCUT2D eigenvalue weighted by atomic mass is 10.1. The highest BCUT2D eigenvalue weighted by Crippen LogP contribution is 2.25. The summed E-state index contributed by atoms with van der Waals surface area (Å²) in [5.41, 5.74) is 0. The van der Waals surface area contributed by atoms with Crippen LogP contribution in [0.15, 0.2) is 17.5 Å². The van der Waals surface area contributed by atoms with Crippen molar-refractivity contribution >= 4 is 11.3 Å². The van der Waals surface area contributed by atoms with Crippen LogP contribution in [0.3, 0.4) is 0 Å². The van der Waals surface area contributed by atoms with Crippen molar-refractivity contribution in [1.29, 1.82) is 0 Å². The van der Waals surface area contributed by atoms with Gasteiger partial charge in [-0.3, -0.25) is 4.90 Å². The Balaban J connectivity index is 1.67. The van der Waals surface area contributed by atoms with E-state index in [4.69, 9.17) is 0 Å². The van der Waals surface area contributed by atoms with E-state index in [-0.39, 0.29) is 0 Å². The SMILES string of the molecule is CCC1CCC(C)N1CCNCc1cccs1. The lowest BCUT2D eigenvalue weighted by molar-refractivity contribution is 0.199. The number of hydrogen-bond acceptors (Lipinski definition) is 3.